The Kier molecular flexibility index (Phi) is 4.31. The SMILES string of the molecule is Cc1nn(C)cc1C(=O)Nc1ccc(C2NC(=O)c3cccnc3N2C)cc1. The molecule has 1 aliphatic heterocycles. The third-order valence-corrected chi connectivity index (χ3v) is 4.76. The fraction of sp³-hybridized carbons (Fsp3) is 0.200. The summed E-state index contributed by atoms with van der Waals surface area (Å²) in [6.45, 7) is 1.80. The van der Waals surface area contributed by atoms with Crippen molar-refractivity contribution < 1.29 is 9.59 Å². The van der Waals surface area contributed by atoms with Gasteiger partial charge in [-0.1, -0.05) is 12.1 Å². The standard InChI is InChI=1S/C20H20N6O2/c1-12-16(11-25(2)24-12)20(28)22-14-8-6-13(7-9-14)17-23-19(27)15-5-4-10-21-18(15)26(17)3/h4-11,17H,1-3H3,(H,22,28)(H,23,27). The van der Waals surface area contributed by atoms with Crippen LogP contribution in [0, 0.1) is 6.92 Å². The Bertz CT molecular complexity index is 1060. The van der Waals surface area contributed by atoms with Gasteiger partial charge >= 0.3 is 0 Å². The summed E-state index contributed by atoms with van der Waals surface area (Å²) < 4.78 is 1.61. The number of amides is 2. The molecule has 1 atom stereocenters. The first-order valence-corrected chi connectivity index (χ1v) is 8.84. The molecule has 3 aromatic rings. The van der Waals surface area contributed by atoms with Crippen molar-refractivity contribution in [2.24, 2.45) is 7.05 Å². The minimum atomic E-state index is -0.333. The zero-order valence-corrected chi connectivity index (χ0v) is 15.8. The van der Waals surface area contributed by atoms with Crippen LogP contribution in [0.1, 0.15) is 38.1 Å². The van der Waals surface area contributed by atoms with Crippen molar-refractivity contribution in [1.82, 2.24) is 20.1 Å². The van der Waals surface area contributed by atoms with Gasteiger partial charge in [0.1, 0.15) is 12.0 Å². The van der Waals surface area contributed by atoms with Crippen molar-refractivity contribution in [2.45, 2.75) is 13.1 Å². The molecule has 28 heavy (non-hydrogen) atoms. The Labute approximate surface area is 162 Å². The summed E-state index contributed by atoms with van der Waals surface area (Å²) in [4.78, 5) is 31.1. The summed E-state index contributed by atoms with van der Waals surface area (Å²) in [6, 6.07) is 10.9. The molecule has 3 heterocycles. The zero-order chi connectivity index (χ0) is 19.8. The summed E-state index contributed by atoms with van der Waals surface area (Å²) in [5.41, 5.74) is 3.32. The van der Waals surface area contributed by atoms with E-state index in [9.17, 15) is 9.59 Å². The summed E-state index contributed by atoms with van der Waals surface area (Å²) in [5, 5.41) is 10.0. The molecular weight excluding hydrogens is 356 g/mol. The van der Waals surface area contributed by atoms with E-state index < -0.39 is 0 Å². The number of anilines is 2. The highest BCUT2D eigenvalue weighted by atomic mass is 16.2. The second-order valence-electron chi connectivity index (χ2n) is 6.74. The molecule has 2 aromatic heterocycles. The van der Waals surface area contributed by atoms with E-state index in [1.807, 2.05) is 36.2 Å². The number of rotatable bonds is 3. The number of fused-ring (bicyclic) bond motifs is 1. The van der Waals surface area contributed by atoms with Crippen molar-refractivity contribution in [3.8, 4) is 0 Å². The molecular formula is C20H20N6O2. The van der Waals surface area contributed by atoms with Crippen LogP contribution in [0.4, 0.5) is 11.5 Å². The monoisotopic (exact) mass is 376 g/mol. The highest BCUT2D eigenvalue weighted by Crippen LogP contribution is 2.30. The maximum absolute atomic E-state index is 12.4. The maximum Gasteiger partial charge on any atom is 0.259 e. The topological polar surface area (TPSA) is 92.2 Å². The Balaban J connectivity index is 1.53. The molecule has 0 saturated heterocycles. The summed E-state index contributed by atoms with van der Waals surface area (Å²) in [7, 11) is 3.66. The number of benzene rings is 1. The third kappa shape index (κ3) is 3.09. The normalized spacial score (nSPS) is 15.8. The molecule has 8 nitrogen and oxygen atoms in total. The smallest absolute Gasteiger partial charge is 0.259 e. The van der Waals surface area contributed by atoms with Crippen LogP contribution in [0.25, 0.3) is 0 Å². The van der Waals surface area contributed by atoms with Gasteiger partial charge in [0.15, 0.2) is 0 Å². The fourth-order valence-electron chi connectivity index (χ4n) is 3.35. The van der Waals surface area contributed by atoms with Gasteiger partial charge < -0.3 is 15.5 Å². The first kappa shape index (κ1) is 17.7. The van der Waals surface area contributed by atoms with Gasteiger partial charge in [0.25, 0.3) is 11.8 Å². The number of hydrogen-bond acceptors (Lipinski definition) is 5. The largest absolute Gasteiger partial charge is 0.335 e. The molecule has 1 aromatic carbocycles. The number of nitrogens with one attached hydrogen (secondary N) is 2. The molecule has 0 saturated carbocycles. The summed E-state index contributed by atoms with van der Waals surface area (Å²) >= 11 is 0. The van der Waals surface area contributed by atoms with E-state index in [1.54, 1.807) is 43.2 Å². The molecule has 2 N–H and O–H groups in total. The number of hydrogen-bond donors (Lipinski definition) is 2. The van der Waals surface area contributed by atoms with Gasteiger partial charge in [0.05, 0.1) is 16.8 Å². The van der Waals surface area contributed by atoms with Crippen molar-refractivity contribution in [2.75, 3.05) is 17.3 Å². The number of aromatic nitrogens is 3. The zero-order valence-electron chi connectivity index (χ0n) is 15.8. The van der Waals surface area contributed by atoms with Crippen molar-refractivity contribution in [3.05, 3.63) is 71.2 Å². The van der Waals surface area contributed by atoms with Crippen molar-refractivity contribution in [3.63, 3.8) is 0 Å². The number of pyridine rings is 1. The van der Waals surface area contributed by atoms with Crippen LogP contribution in [0.15, 0.2) is 48.8 Å². The highest BCUT2D eigenvalue weighted by Gasteiger charge is 2.30. The van der Waals surface area contributed by atoms with E-state index in [4.69, 9.17) is 0 Å². The lowest BCUT2D eigenvalue weighted by atomic mass is 10.1. The lowest BCUT2D eigenvalue weighted by Gasteiger charge is -2.35. The Morgan fingerprint density at radius 3 is 2.61 bits per heavy atom. The Hall–Kier alpha value is -3.68. The minimum absolute atomic E-state index is 0.157. The van der Waals surface area contributed by atoms with Crippen LogP contribution in [-0.2, 0) is 7.05 Å². The number of carbonyl (C=O) groups excluding carboxylic acids is 2. The van der Waals surface area contributed by atoms with Crippen molar-refractivity contribution >= 4 is 23.3 Å². The quantitative estimate of drug-likeness (QED) is 0.732. The molecule has 0 spiro atoms. The highest BCUT2D eigenvalue weighted by molar-refractivity contribution is 6.05. The van der Waals surface area contributed by atoms with Gasteiger partial charge in [-0.3, -0.25) is 14.3 Å². The first-order valence-electron chi connectivity index (χ1n) is 8.84. The van der Waals surface area contributed by atoms with Crippen LogP contribution in [0.3, 0.4) is 0 Å². The third-order valence-electron chi connectivity index (χ3n) is 4.76. The van der Waals surface area contributed by atoms with Gasteiger partial charge in [0, 0.05) is 32.2 Å². The number of nitrogens with zero attached hydrogens (tertiary/aromatic N) is 4. The predicted molar refractivity (Wildman–Crippen MR) is 105 cm³/mol. The van der Waals surface area contributed by atoms with Crippen molar-refractivity contribution in [1.29, 1.82) is 0 Å². The predicted octanol–water partition coefficient (Wildman–Crippen LogP) is 2.25. The van der Waals surface area contributed by atoms with E-state index in [2.05, 4.69) is 20.7 Å². The van der Waals surface area contributed by atoms with Gasteiger partial charge in [-0.15, -0.1) is 0 Å². The van der Waals surface area contributed by atoms with Crippen LogP contribution in [0.2, 0.25) is 0 Å². The second-order valence-corrected chi connectivity index (χ2v) is 6.74. The van der Waals surface area contributed by atoms with Crippen LogP contribution < -0.4 is 15.5 Å². The molecule has 0 aliphatic carbocycles. The molecule has 4 rings (SSSR count). The number of carbonyl (C=O) groups is 2. The van der Waals surface area contributed by atoms with Crippen LogP contribution in [0.5, 0.6) is 0 Å². The van der Waals surface area contributed by atoms with Gasteiger partial charge in [-0.25, -0.2) is 4.98 Å². The molecule has 2 amide bonds. The molecule has 1 unspecified atom stereocenters. The fourth-order valence-corrected chi connectivity index (χ4v) is 3.35. The van der Waals surface area contributed by atoms with Crippen LogP contribution >= 0.6 is 0 Å². The molecule has 0 radical (unpaired) electrons. The second kappa shape index (κ2) is 6.80. The van der Waals surface area contributed by atoms with E-state index in [-0.39, 0.29) is 18.0 Å². The summed E-state index contributed by atoms with van der Waals surface area (Å²) in [6.07, 6.45) is 3.03. The Morgan fingerprint density at radius 2 is 1.93 bits per heavy atom. The van der Waals surface area contributed by atoms with Gasteiger partial charge in [-0.2, -0.15) is 5.10 Å². The molecule has 0 bridgehead atoms. The van der Waals surface area contributed by atoms with E-state index in [0.717, 1.165) is 5.56 Å². The lowest BCUT2D eigenvalue weighted by Crippen LogP contribution is -2.45. The van der Waals surface area contributed by atoms with E-state index in [1.165, 1.54) is 0 Å². The molecule has 142 valence electrons. The number of aryl methyl sites for hydroxylation is 2. The van der Waals surface area contributed by atoms with Gasteiger partial charge in [0.2, 0.25) is 0 Å². The van der Waals surface area contributed by atoms with Crippen LogP contribution in [-0.4, -0.2) is 33.6 Å². The van der Waals surface area contributed by atoms with Gasteiger partial charge in [-0.05, 0) is 36.8 Å². The average Bonchev–Trinajstić information content (AvgIpc) is 3.04. The average molecular weight is 376 g/mol. The lowest BCUT2D eigenvalue weighted by molar-refractivity contribution is 0.0926. The maximum atomic E-state index is 12.4. The molecule has 8 heteroatoms. The minimum Gasteiger partial charge on any atom is -0.335 e. The van der Waals surface area contributed by atoms with E-state index in [0.29, 0.717) is 28.3 Å². The Morgan fingerprint density at radius 1 is 1.18 bits per heavy atom. The first-order chi connectivity index (χ1) is 13.4. The summed E-state index contributed by atoms with van der Waals surface area (Å²) in [5.74, 6) is 0.274. The molecule has 0 fully saturated rings. The molecule has 1 aliphatic rings. The van der Waals surface area contributed by atoms with E-state index >= 15 is 0 Å².